The molecule has 1 aliphatic rings. The number of nitrogens with two attached hydrogens (primary N) is 1. The molecule has 0 atom stereocenters. The second-order valence-electron chi connectivity index (χ2n) is 6.78. The smallest absolute Gasteiger partial charge is 0.215 e. The Morgan fingerprint density at radius 3 is 2.65 bits per heavy atom. The lowest BCUT2D eigenvalue weighted by molar-refractivity contribution is 0.312. The minimum absolute atomic E-state index is 0.135. The maximum Gasteiger partial charge on any atom is 0.215 e. The van der Waals surface area contributed by atoms with Gasteiger partial charge in [0.05, 0.1) is 15.6 Å². The van der Waals surface area contributed by atoms with Crippen molar-refractivity contribution in [1.82, 2.24) is 14.3 Å². The number of pyridine rings is 2. The lowest BCUT2D eigenvalue weighted by Gasteiger charge is -2.33. The molecule has 0 unspecified atom stereocenters. The van der Waals surface area contributed by atoms with Crippen LogP contribution in [-0.4, -0.2) is 47.5 Å². The molecule has 0 amide bonds. The van der Waals surface area contributed by atoms with E-state index < -0.39 is 0 Å². The zero-order chi connectivity index (χ0) is 17.8. The van der Waals surface area contributed by atoms with E-state index in [2.05, 4.69) is 16.8 Å². The van der Waals surface area contributed by atoms with Crippen LogP contribution in [0.4, 0.5) is 11.5 Å². The summed E-state index contributed by atoms with van der Waals surface area (Å²) in [6.45, 7) is 3.90. The number of hydrogen-bond acceptors (Lipinski definition) is 6. The van der Waals surface area contributed by atoms with Crippen LogP contribution in [0.3, 0.4) is 0 Å². The molecule has 7 heteroatoms. The van der Waals surface area contributed by atoms with Crippen LogP contribution in [0.5, 0.6) is 0 Å². The summed E-state index contributed by atoms with van der Waals surface area (Å²) in [6, 6.07) is 11.9. The fraction of sp³-hybridized carbons (Fsp3) is 0.263. The van der Waals surface area contributed by atoms with Crippen molar-refractivity contribution < 1.29 is 0 Å². The summed E-state index contributed by atoms with van der Waals surface area (Å²) in [4.78, 5) is 23.0. The monoisotopic (exact) mass is 365 g/mol. The number of nitrogen functional groups attached to an aromatic ring is 1. The standard InChI is InChI=1S/C19H19N5OS/c1-22-8-10-23(11-9-22)15-7-6-12-17(25)16(20)19-24(18(12)21-15)13-4-2-3-5-14(13)26-19/h2-7H,8-11,20H2,1H3. The van der Waals surface area contributed by atoms with Crippen LogP contribution < -0.4 is 16.1 Å². The number of nitrogens with zero attached hydrogens (tertiary/aromatic N) is 4. The fourth-order valence-corrected chi connectivity index (χ4v) is 4.71. The van der Waals surface area contributed by atoms with E-state index in [9.17, 15) is 4.79 Å². The number of rotatable bonds is 1. The van der Waals surface area contributed by atoms with Gasteiger partial charge in [-0.25, -0.2) is 4.98 Å². The average molecular weight is 365 g/mol. The molecule has 1 aliphatic heterocycles. The molecule has 1 fully saturated rings. The molecule has 0 spiro atoms. The van der Waals surface area contributed by atoms with Gasteiger partial charge in [-0.3, -0.25) is 9.20 Å². The second-order valence-corrected chi connectivity index (χ2v) is 7.81. The zero-order valence-electron chi connectivity index (χ0n) is 14.5. The Balaban J connectivity index is 1.82. The lowest BCUT2D eigenvalue weighted by atomic mass is 10.2. The first-order valence-electron chi connectivity index (χ1n) is 8.69. The Bertz CT molecular complexity index is 1200. The third-order valence-electron chi connectivity index (χ3n) is 5.14. The van der Waals surface area contributed by atoms with Crippen molar-refractivity contribution in [2.75, 3.05) is 43.9 Å². The van der Waals surface area contributed by atoms with Crippen molar-refractivity contribution in [3.05, 3.63) is 46.6 Å². The van der Waals surface area contributed by atoms with E-state index in [1.807, 2.05) is 40.8 Å². The van der Waals surface area contributed by atoms with Crippen LogP contribution in [0.15, 0.2) is 41.2 Å². The minimum Gasteiger partial charge on any atom is -0.393 e. The molecule has 5 rings (SSSR count). The van der Waals surface area contributed by atoms with E-state index in [1.54, 1.807) is 0 Å². The van der Waals surface area contributed by atoms with Crippen LogP contribution >= 0.6 is 11.3 Å². The Morgan fingerprint density at radius 1 is 1.08 bits per heavy atom. The number of fused-ring (bicyclic) bond motifs is 5. The van der Waals surface area contributed by atoms with Crippen LogP contribution in [-0.2, 0) is 0 Å². The first kappa shape index (κ1) is 15.6. The van der Waals surface area contributed by atoms with Gasteiger partial charge in [-0.2, -0.15) is 0 Å². The summed E-state index contributed by atoms with van der Waals surface area (Å²) in [5.41, 5.74) is 8.06. The SMILES string of the molecule is CN1CCN(c2ccc3c(=O)c(N)c4sc5ccccc5n4c3n2)CC1. The molecule has 1 aromatic carbocycles. The summed E-state index contributed by atoms with van der Waals surface area (Å²) >= 11 is 1.54. The number of para-hydroxylation sites is 1. The van der Waals surface area contributed by atoms with Crippen molar-refractivity contribution >= 4 is 48.9 Å². The summed E-state index contributed by atoms with van der Waals surface area (Å²) < 4.78 is 3.13. The Morgan fingerprint density at radius 2 is 1.85 bits per heavy atom. The normalized spacial score (nSPS) is 16.1. The van der Waals surface area contributed by atoms with Crippen LogP contribution in [0, 0.1) is 0 Å². The molecule has 26 heavy (non-hydrogen) atoms. The van der Waals surface area contributed by atoms with Gasteiger partial charge in [0, 0.05) is 26.2 Å². The van der Waals surface area contributed by atoms with Gasteiger partial charge in [-0.15, -0.1) is 11.3 Å². The molecule has 0 radical (unpaired) electrons. The van der Waals surface area contributed by atoms with Gasteiger partial charge in [0.15, 0.2) is 5.65 Å². The highest BCUT2D eigenvalue weighted by Gasteiger charge is 2.19. The van der Waals surface area contributed by atoms with Gasteiger partial charge in [0.2, 0.25) is 5.43 Å². The van der Waals surface area contributed by atoms with E-state index >= 15 is 0 Å². The molecule has 0 saturated carbocycles. The molecular formula is C19H19N5OS. The minimum atomic E-state index is -0.135. The van der Waals surface area contributed by atoms with E-state index in [0.717, 1.165) is 47.0 Å². The maximum atomic E-state index is 12.8. The highest BCUT2D eigenvalue weighted by atomic mass is 32.1. The predicted octanol–water partition coefficient (Wildman–Crippen LogP) is 2.40. The van der Waals surface area contributed by atoms with Gasteiger partial charge in [-0.1, -0.05) is 12.1 Å². The summed E-state index contributed by atoms with van der Waals surface area (Å²) in [6.07, 6.45) is 0. The second kappa shape index (κ2) is 5.69. The molecule has 0 bridgehead atoms. The third kappa shape index (κ3) is 2.21. The van der Waals surface area contributed by atoms with E-state index in [-0.39, 0.29) is 5.43 Å². The van der Waals surface area contributed by atoms with Crippen molar-refractivity contribution in [3.63, 3.8) is 0 Å². The molecular weight excluding hydrogens is 346 g/mol. The number of benzene rings is 1. The summed E-state index contributed by atoms with van der Waals surface area (Å²) in [7, 11) is 2.13. The van der Waals surface area contributed by atoms with Crippen LogP contribution in [0.25, 0.3) is 26.1 Å². The van der Waals surface area contributed by atoms with Crippen LogP contribution in [0.2, 0.25) is 0 Å². The first-order chi connectivity index (χ1) is 12.6. The average Bonchev–Trinajstić information content (AvgIpc) is 3.06. The quantitative estimate of drug-likeness (QED) is 0.561. The Hall–Kier alpha value is -2.64. The van der Waals surface area contributed by atoms with Crippen molar-refractivity contribution in [2.24, 2.45) is 0 Å². The number of aromatic nitrogens is 2. The van der Waals surface area contributed by atoms with Crippen LogP contribution in [0.1, 0.15) is 0 Å². The molecule has 0 aliphatic carbocycles. The summed E-state index contributed by atoms with van der Waals surface area (Å²) in [5, 5.41) is 0.571. The van der Waals surface area contributed by atoms with E-state index in [4.69, 9.17) is 10.7 Å². The number of piperazine rings is 1. The topological polar surface area (TPSA) is 66.9 Å². The molecule has 6 nitrogen and oxygen atoms in total. The number of thiazole rings is 1. The molecule has 2 N–H and O–H groups in total. The number of hydrogen-bond donors (Lipinski definition) is 1. The molecule has 132 valence electrons. The van der Waals surface area contributed by atoms with Gasteiger partial charge >= 0.3 is 0 Å². The van der Waals surface area contributed by atoms with Gasteiger partial charge in [0.1, 0.15) is 16.3 Å². The molecule has 3 aromatic heterocycles. The maximum absolute atomic E-state index is 12.8. The number of anilines is 2. The van der Waals surface area contributed by atoms with Crippen molar-refractivity contribution in [2.45, 2.75) is 0 Å². The Kier molecular flexibility index (Phi) is 3.41. The molecule has 4 heterocycles. The zero-order valence-corrected chi connectivity index (χ0v) is 15.3. The largest absolute Gasteiger partial charge is 0.393 e. The fourth-order valence-electron chi connectivity index (χ4n) is 3.61. The lowest BCUT2D eigenvalue weighted by Crippen LogP contribution is -2.44. The highest BCUT2D eigenvalue weighted by molar-refractivity contribution is 7.24. The van der Waals surface area contributed by atoms with Crippen molar-refractivity contribution in [1.29, 1.82) is 0 Å². The third-order valence-corrected chi connectivity index (χ3v) is 6.30. The van der Waals surface area contributed by atoms with Gasteiger partial charge in [-0.05, 0) is 31.3 Å². The van der Waals surface area contributed by atoms with E-state index in [0.29, 0.717) is 16.7 Å². The number of likely N-dealkylation sites (N-methyl/N-ethyl adjacent to an activating group) is 1. The predicted molar refractivity (Wildman–Crippen MR) is 108 cm³/mol. The van der Waals surface area contributed by atoms with E-state index in [1.165, 1.54) is 11.3 Å². The first-order valence-corrected chi connectivity index (χ1v) is 9.51. The van der Waals surface area contributed by atoms with Gasteiger partial charge < -0.3 is 15.5 Å². The molecule has 4 aromatic rings. The highest BCUT2D eigenvalue weighted by Crippen LogP contribution is 2.32. The van der Waals surface area contributed by atoms with Crippen molar-refractivity contribution in [3.8, 4) is 0 Å². The van der Waals surface area contributed by atoms with Gasteiger partial charge in [0.25, 0.3) is 0 Å². The summed E-state index contributed by atoms with van der Waals surface area (Å²) in [5.74, 6) is 0.916. The molecule has 1 saturated heterocycles. The Labute approximate surface area is 154 Å².